The highest BCUT2D eigenvalue weighted by Crippen LogP contribution is 2.22. The SMILES string of the molecule is CC(O)(CNC(=O)/C(C#N)=C/c1ccco1)c1ccsc1. The summed E-state index contributed by atoms with van der Waals surface area (Å²) in [7, 11) is 0. The van der Waals surface area contributed by atoms with Crippen molar-refractivity contribution in [1.29, 1.82) is 5.26 Å². The van der Waals surface area contributed by atoms with Crippen molar-refractivity contribution < 1.29 is 14.3 Å². The van der Waals surface area contributed by atoms with Crippen LogP contribution in [0.15, 0.2) is 45.2 Å². The second-order valence-corrected chi connectivity index (χ2v) is 5.43. The number of carbonyl (C=O) groups excluding carboxylic acids is 1. The van der Waals surface area contributed by atoms with E-state index >= 15 is 0 Å². The Morgan fingerprint density at radius 1 is 1.62 bits per heavy atom. The number of carbonyl (C=O) groups is 1. The van der Waals surface area contributed by atoms with Crippen LogP contribution in [-0.4, -0.2) is 17.6 Å². The lowest BCUT2D eigenvalue weighted by molar-refractivity contribution is -0.118. The molecular weight excluding hydrogens is 288 g/mol. The summed E-state index contributed by atoms with van der Waals surface area (Å²) in [6.07, 6.45) is 2.81. The minimum Gasteiger partial charge on any atom is -0.465 e. The molecule has 2 aromatic rings. The van der Waals surface area contributed by atoms with Gasteiger partial charge >= 0.3 is 0 Å². The van der Waals surface area contributed by atoms with Gasteiger partial charge < -0.3 is 14.8 Å². The number of nitriles is 1. The Bertz CT molecular complexity index is 664. The second kappa shape index (κ2) is 6.39. The van der Waals surface area contributed by atoms with E-state index < -0.39 is 11.5 Å². The van der Waals surface area contributed by atoms with Crippen LogP contribution in [0.3, 0.4) is 0 Å². The van der Waals surface area contributed by atoms with Gasteiger partial charge in [0.05, 0.1) is 12.8 Å². The normalized spacial score (nSPS) is 14.2. The molecule has 2 N–H and O–H groups in total. The first-order valence-electron chi connectivity index (χ1n) is 6.21. The number of hydrogen-bond acceptors (Lipinski definition) is 5. The van der Waals surface area contributed by atoms with Crippen LogP contribution < -0.4 is 5.32 Å². The maximum absolute atomic E-state index is 12.0. The minimum atomic E-state index is -1.18. The molecule has 0 saturated carbocycles. The summed E-state index contributed by atoms with van der Waals surface area (Å²) in [5.74, 6) is -0.129. The summed E-state index contributed by atoms with van der Waals surface area (Å²) in [5, 5.41) is 25.6. The summed E-state index contributed by atoms with van der Waals surface area (Å²) in [6, 6.07) is 6.92. The average molecular weight is 302 g/mol. The minimum absolute atomic E-state index is 0.0136. The highest BCUT2D eigenvalue weighted by atomic mass is 32.1. The Morgan fingerprint density at radius 3 is 3.00 bits per heavy atom. The number of nitrogens with one attached hydrogen (secondary N) is 1. The first kappa shape index (κ1) is 15.0. The van der Waals surface area contributed by atoms with Gasteiger partial charge in [0.1, 0.15) is 23.0 Å². The zero-order valence-corrected chi connectivity index (χ0v) is 12.2. The van der Waals surface area contributed by atoms with E-state index in [9.17, 15) is 9.90 Å². The lowest BCUT2D eigenvalue weighted by atomic mass is 9.99. The highest BCUT2D eigenvalue weighted by Gasteiger charge is 2.24. The van der Waals surface area contributed by atoms with E-state index in [1.807, 2.05) is 16.8 Å². The lowest BCUT2D eigenvalue weighted by Gasteiger charge is -2.22. The number of hydrogen-bond donors (Lipinski definition) is 2. The van der Waals surface area contributed by atoms with Crippen molar-refractivity contribution in [3.63, 3.8) is 0 Å². The van der Waals surface area contributed by atoms with Gasteiger partial charge in [0.2, 0.25) is 0 Å². The summed E-state index contributed by atoms with van der Waals surface area (Å²) in [5.41, 5.74) is -0.534. The van der Waals surface area contributed by atoms with Crippen LogP contribution >= 0.6 is 11.3 Å². The number of aliphatic hydroxyl groups is 1. The van der Waals surface area contributed by atoms with Gasteiger partial charge in [0.15, 0.2) is 0 Å². The molecule has 2 rings (SSSR count). The molecule has 0 aliphatic rings. The molecule has 0 radical (unpaired) electrons. The maximum atomic E-state index is 12.0. The van der Waals surface area contributed by atoms with Crippen LogP contribution in [0.4, 0.5) is 0 Å². The van der Waals surface area contributed by atoms with Crippen LogP contribution in [0, 0.1) is 11.3 Å². The van der Waals surface area contributed by atoms with Crippen molar-refractivity contribution in [3.8, 4) is 6.07 Å². The molecule has 0 spiro atoms. The second-order valence-electron chi connectivity index (χ2n) is 4.65. The van der Waals surface area contributed by atoms with Crippen LogP contribution in [0.5, 0.6) is 0 Å². The molecule has 1 atom stereocenters. The number of rotatable bonds is 5. The number of amides is 1. The molecular formula is C15H14N2O3S. The smallest absolute Gasteiger partial charge is 0.262 e. The zero-order chi connectivity index (χ0) is 15.3. The number of nitrogens with zero attached hydrogens (tertiary/aromatic N) is 1. The van der Waals surface area contributed by atoms with Crippen molar-refractivity contribution in [2.45, 2.75) is 12.5 Å². The third kappa shape index (κ3) is 3.81. The third-order valence-corrected chi connectivity index (χ3v) is 3.61. The van der Waals surface area contributed by atoms with E-state index in [0.29, 0.717) is 5.76 Å². The van der Waals surface area contributed by atoms with Gasteiger partial charge in [-0.05, 0) is 41.4 Å². The Kier molecular flexibility index (Phi) is 4.58. The van der Waals surface area contributed by atoms with Crippen molar-refractivity contribution in [2.24, 2.45) is 0 Å². The van der Waals surface area contributed by atoms with Crippen LogP contribution in [0.25, 0.3) is 6.08 Å². The largest absolute Gasteiger partial charge is 0.465 e. The van der Waals surface area contributed by atoms with Gasteiger partial charge in [0.25, 0.3) is 5.91 Å². The monoisotopic (exact) mass is 302 g/mol. The summed E-state index contributed by atoms with van der Waals surface area (Å²) >= 11 is 1.47. The van der Waals surface area contributed by atoms with E-state index in [4.69, 9.17) is 9.68 Å². The standard InChI is InChI=1S/C15H14N2O3S/c1-15(19,12-4-6-21-9-12)10-17-14(18)11(8-16)7-13-3-2-5-20-13/h2-7,9,19H,10H2,1H3,(H,17,18)/b11-7+. The van der Waals surface area contributed by atoms with Crippen molar-refractivity contribution in [2.75, 3.05) is 6.54 Å². The third-order valence-electron chi connectivity index (χ3n) is 2.93. The van der Waals surface area contributed by atoms with Crippen molar-refractivity contribution in [3.05, 3.63) is 52.1 Å². The van der Waals surface area contributed by atoms with Crippen LogP contribution in [0.1, 0.15) is 18.2 Å². The van der Waals surface area contributed by atoms with Crippen molar-refractivity contribution >= 4 is 23.3 Å². The molecule has 1 amide bonds. The Morgan fingerprint density at radius 2 is 2.43 bits per heavy atom. The van der Waals surface area contributed by atoms with Gasteiger partial charge in [-0.3, -0.25) is 4.79 Å². The van der Waals surface area contributed by atoms with E-state index in [-0.39, 0.29) is 12.1 Å². The molecule has 1 unspecified atom stereocenters. The highest BCUT2D eigenvalue weighted by molar-refractivity contribution is 7.08. The molecule has 2 heterocycles. The molecule has 0 bridgehead atoms. The average Bonchev–Trinajstić information content (AvgIpc) is 3.14. The summed E-state index contributed by atoms with van der Waals surface area (Å²) in [6.45, 7) is 1.62. The predicted octanol–water partition coefficient (Wildman–Crippen LogP) is 2.27. The number of thiophene rings is 1. The summed E-state index contributed by atoms with van der Waals surface area (Å²) in [4.78, 5) is 12.0. The molecule has 6 heteroatoms. The van der Waals surface area contributed by atoms with Crippen LogP contribution in [-0.2, 0) is 10.4 Å². The quantitative estimate of drug-likeness (QED) is 0.655. The topological polar surface area (TPSA) is 86.3 Å². The molecule has 108 valence electrons. The fraction of sp³-hybridized carbons (Fsp3) is 0.200. The molecule has 0 aromatic carbocycles. The van der Waals surface area contributed by atoms with E-state index in [1.165, 1.54) is 23.7 Å². The first-order valence-corrected chi connectivity index (χ1v) is 7.16. The maximum Gasteiger partial charge on any atom is 0.262 e. The molecule has 0 aliphatic heterocycles. The molecule has 0 saturated heterocycles. The molecule has 2 aromatic heterocycles. The Labute approximate surface area is 126 Å². The number of furan rings is 1. The predicted molar refractivity (Wildman–Crippen MR) is 79.2 cm³/mol. The Hall–Kier alpha value is -2.36. The van der Waals surface area contributed by atoms with Crippen molar-refractivity contribution in [1.82, 2.24) is 5.32 Å². The van der Waals surface area contributed by atoms with Gasteiger partial charge in [-0.25, -0.2) is 0 Å². The molecule has 0 fully saturated rings. The van der Waals surface area contributed by atoms with Crippen LogP contribution in [0.2, 0.25) is 0 Å². The first-order chi connectivity index (χ1) is 10.0. The van der Waals surface area contributed by atoms with Gasteiger partial charge in [0, 0.05) is 6.08 Å². The summed E-state index contributed by atoms with van der Waals surface area (Å²) < 4.78 is 5.06. The zero-order valence-electron chi connectivity index (χ0n) is 11.4. The molecule has 21 heavy (non-hydrogen) atoms. The van der Waals surface area contributed by atoms with Gasteiger partial charge in [-0.2, -0.15) is 16.6 Å². The fourth-order valence-electron chi connectivity index (χ4n) is 1.68. The Balaban J connectivity index is 2.03. The van der Waals surface area contributed by atoms with E-state index in [0.717, 1.165) is 5.56 Å². The van der Waals surface area contributed by atoms with Gasteiger partial charge in [-0.15, -0.1) is 0 Å². The van der Waals surface area contributed by atoms with E-state index in [1.54, 1.807) is 25.1 Å². The molecule has 5 nitrogen and oxygen atoms in total. The van der Waals surface area contributed by atoms with Gasteiger partial charge in [-0.1, -0.05) is 0 Å². The fourth-order valence-corrected chi connectivity index (χ4v) is 2.47. The van der Waals surface area contributed by atoms with E-state index in [2.05, 4.69) is 5.32 Å². The molecule has 0 aliphatic carbocycles. The lowest BCUT2D eigenvalue weighted by Crippen LogP contribution is -2.38.